The van der Waals surface area contributed by atoms with Gasteiger partial charge in [0.05, 0.1) is 29.9 Å². The lowest BCUT2D eigenvalue weighted by Crippen LogP contribution is -2.35. The zero-order valence-electron chi connectivity index (χ0n) is 15.1. The van der Waals surface area contributed by atoms with E-state index >= 15 is 0 Å². The van der Waals surface area contributed by atoms with Gasteiger partial charge in [0.25, 0.3) is 5.70 Å². The Morgan fingerprint density at radius 2 is 2.08 bits per heavy atom. The Kier molecular flexibility index (Phi) is 5.81. The van der Waals surface area contributed by atoms with E-state index < -0.39 is 22.9 Å². The molecule has 0 bridgehead atoms. The fourth-order valence-corrected chi connectivity index (χ4v) is 3.02. The van der Waals surface area contributed by atoms with E-state index in [0.29, 0.717) is 17.0 Å². The highest BCUT2D eigenvalue weighted by atomic mass is 16.6. The Morgan fingerprint density at radius 3 is 2.65 bits per heavy atom. The molecule has 9 nitrogen and oxygen atoms in total. The molecule has 0 aromatic carbocycles. The molecule has 0 spiro atoms. The van der Waals surface area contributed by atoms with Crippen LogP contribution in [-0.2, 0) is 14.3 Å². The summed E-state index contributed by atoms with van der Waals surface area (Å²) in [4.78, 5) is 36.8. The molecule has 140 valence electrons. The van der Waals surface area contributed by atoms with Crippen LogP contribution in [0.4, 0.5) is 4.79 Å². The van der Waals surface area contributed by atoms with Gasteiger partial charge in [-0.15, -0.1) is 0 Å². The number of nitro groups is 1. The molecule has 2 heterocycles. The molecular weight excluding hydrogens is 342 g/mol. The van der Waals surface area contributed by atoms with E-state index in [0.717, 1.165) is 0 Å². The molecule has 0 radical (unpaired) electrons. The molecule has 9 heteroatoms. The fourth-order valence-electron chi connectivity index (χ4n) is 3.02. The van der Waals surface area contributed by atoms with Crippen LogP contribution in [0.25, 0.3) is 0 Å². The number of methoxy groups -OCH3 is 1. The van der Waals surface area contributed by atoms with Gasteiger partial charge in [0.15, 0.2) is 0 Å². The third-order valence-electron chi connectivity index (χ3n) is 4.08. The Morgan fingerprint density at radius 1 is 1.38 bits per heavy atom. The maximum absolute atomic E-state index is 12.5. The Bertz CT molecular complexity index is 762. The summed E-state index contributed by atoms with van der Waals surface area (Å²) in [7, 11) is 1.25. The number of ether oxygens (including phenoxy) is 2. The van der Waals surface area contributed by atoms with Crippen LogP contribution in [0.3, 0.4) is 0 Å². The van der Waals surface area contributed by atoms with E-state index in [1.165, 1.54) is 18.2 Å². The van der Waals surface area contributed by atoms with Crippen LogP contribution in [0.2, 0.25) is 0 Å². The lowest BCUT2D eigenvalue weighted by Gasteiger charge is -2.29. The van der Waals surface area contributed by atoms with Crippen molar-refractivity contribution in [3.05, 3.63) is 56.7 Å². The Balaban J connectivity index is 2.59. The molecule has 2 aliphatic rings. The van der Waals surface area contributed by atoms with E-state index in [9.17, 15) is 19.7 Å². The number of carbonyl (C=O) groups excluding carboxylic acids is 2. The molecule has 1 atom stereocenters. The van der Waals surface area contributed by atoms with E-state index in [-0.39, 0.29) is 24.4 Å². The highest BCUT2D eigenvalue weighted by Gasteiger charge is 2.42. The highest BCUT2D eigenvalue weighted by molar-refractivity contribution is 5.92. The molecule has 26 heavy (non-hydrogen) atoms. The molecule has 1 N–H and O–H groups in total. The largest absolute Gasteiger partial charge is 0.463 e. The quantitative estimate of drug-likeness (QED) is 0.462. The summed E-state index contributed by atoms with van der Waals surface area (Å²) >= 11 is 0. The van der Waals surface area contributed by atoms with Gasteiger partial charge in [-0.2, -0.15) is 0 Å². The molecule has 0 aromatic heterocycles. The fraction of sp³-hybridized carbons (Fsp3) is 0.412. The second-order valence-electron chi connectivity index (χ2n) is 5.74. The van der Waals surface area contributed by atoms with E-state index in [1.54, 1.807) is 32.9 Å². The normalized spacial score (nSPS) is 19.8. The third-order valence-corrected chi connectivity index (χ3v) is 4.08. The van der Waals surface area contributed by atoms with E-state index in [2.05, 4.69) is 5.32 Å². The van der Waals surface area contributed by atoms with Crippen molar-refractivity contribution in [2.45, 2.75) is 20.8 Å². The minimum Gasteiger partial charge on any atom is -0.463 e. The van der Waals surface area contributed by atoms with Crippen LogP contribution in [0.15, 0.2) is 46.6 Å². The van der Waals surface area contributed by atoms with Crippen molar-refractivity contribution >= 4 is 12.1 Å². The number of allylic oxidation sites excluding steroid dienone is 4. The Labute approximate surface area is 150 Å². The van der Waals surface area contributed by atoms with Crippen molar-refractivity contribution in [3.8, 4) is 0 Å². The average molecular weight is 363 g/mol. The standard InChI is InChI=1S/C17H21N3O6/c1-5-26-16(21)13-10(2)18-11(3)15(20(23)24)14(13)12-7-6-8-19(9-12)17(22)25-4/h6-7,9,14,18H,5,8H2,1-4H3. The summed E-state index contributed by atoms with van der Waals surface area (Å²) in [5.74, 6) is -1.60. The van der Waals surface area contributed by atoms with Gasteiger partial charge >= 0.3 is 12.1 Å². The van der Waals surface area contributed by atoms with Gasteiger partial charge in [-0.25, -0.2) is 9.59 Å². The first-order valence-corrected chi connectivity index (χ1v) is 8.04. The van der Waals surface area contributed by atoms with Crippen LogP contribution in [-0.4, -0.2) is 42.1 Å². The van der Waals surface area contributed by atoms with Crippen LogP contribution in [0.1, 0.15) is 20.8 Å². The van der Waals surface area contributed by atoms with Gasteiger partial charge in [-0.1, -0.05) is 12.2 Å². The van der Waals surface area contributed by atoms with E-state index in [1.807, 2.05) is 0 Å². The number of nitrogens with one attached hydrogen (secondary N) is 1. The van der Waals surface area contributed by atoms with Gasteiger partial charge in [-0.3, -0.25) is 15.0 Å². The predicted octanol–water partition coefficient (Wildman–Crippen LogP) is 2.07. The molecule has 2 rings (SSSR count). The number of esters is 1. The van der Waals surface area contributed by atoms with Gasteiger partial charge < -0.3 is 14.8 Å². The van der Waals surface area contributed by atoms with Gasteiger partial charge in [0.2, 0.25) is 0 Å². The van der Waals surface area contributed by atoms with Crippen LogP contribution < -0.4 is 5.32 Å². The predicted molar refractivity (Wildman–Crippen MR) is 92.0 cm³/mol. The van der Waals surface area contributed by atoms with Crippen LogP contribution >= 0.6 is 0 Å². The number of hydrogen-bond acceptors (Lipinski definition) is 7. The molecule has 0 fully saturated rings. The summed E-state index contributed by atoms with van der Waals surface area (Å²) < 4.78 is 9.79. The number of hydrogen-bond donors (Lipinski definition) is 1. The number of amides is 1. The van der Waals surface area contributed by atoms with Crippen molar-refractivity contribution in [1.82, 2.24) is 10.2 Å². The third kappa shape index (κ3) is 3.61. The van der Waals surface area contributed by atoms with Crippen molar-refractivity contribution in [3.63, 3.8) is 0 Å². The topological polar surface area (TPSA) is 111 Å². The molecule has 0 aromatic rings. The summed E-state index contributed by atoms with van der Waals surface area (Å²) in [6.07, 6.45) is 4.21. The second kappa shape index (κ2) is 7.85. The second-order valence-corrected chi connectivity index (χ2v) is 5.74. The SMILES string of the molecule is CCOC(=O)C1=C(C)NC(C)=C([N+](=O)[O-])C1C1=CN(C(=O)OC)CC=C1. The summed E-state index contributed by atoms with van der Waals surface area (Å²) in [6.45, 7) is 5.30. The summed E-state index contributed by atoms with van der Waals surface area (Å²) in [5, 5.41) is 14.6. The van der Waals surface area contributed by atoms with Gasteiger partial charge in [0, 0.05) is 18.4 Å². The zero-order valence-corrected chi connectivity index (χ0v) is 15.1. The molecule has 0 saturated heterocycles. The number of nitrogens with zero attached hydrogens (tertiary/aromatic N) is 2. The molecular formula is C17H21N3O6. The first kappa shape index (κ1) is 19.2. The number of dihydropyridines is 1. The van der Waals surface area contributed by atoms with Crippen molar-refractivity contribution in [2.75, 3.05) is 20.3 Å². The molecule has 1 amide bonds. The molecule has 2 aliphatic heterocycles. The zero-order chi connectivity index (χ0) is 19.4. The minimum atomic E-state index is -0.964. The molecule has 0 aliphatic carbocycles. The van der Waals surface area contributed by atoms with Gasteiger partial charge in [-0.05, 0) is 26.3 Å². The number of carbonyl (C=O) groups is 2. The van der Waals surface area contributed by atoms with Crippen molar-refractivity contribution in [2.24, 2.45) is 5.92 Å². The molecule has 1 unspecified atom stereocenters. The van der Waals surface area contributed by atoms with Gasteiger partial charge in [0.1, 0.15) is 5.92 Å². The first-order chi connectivity index (χ1) is 12.3. The minimum absolute atomic E-state index is 0.141. The lowest BCUT2D eigenvalue weighted by molar-refractivity contribution is -0.433. The Hall–Kier alpha value is -3.10. The monoisotopic (exact) mass is 363 g/mol. The van der Waals surface area contributed by atoms with Crippen molar-refractivity contribution in [1.29, 1.82) is 0 Å². The first-order valence-electron chi connectivity index (χ1n) is 8.04. The highest BCUT2D eigenvalue weighted by Crippen LogP contribution is 2.37. The molecule has 0 saturated carbocycles. The van der Waals surface area contributed by atoms with E-state index in [4.69, 9.17) is 9.47 Å². The average Bonchev–Trinajstić information content (AvgIpc) is 2.60. The van der Waals surface area contributed by atoms with Crippen LogP contribution in [0.5, 0.6) is 0 Å². The number of rotatable bonds is 4. The smallest absolute Gasteiger partial charge is 0.413 e. The maximum atomic E-state index is 12.5. The summed E-state index contributed by atoms with van der Waals surface area (Å²) in [5.41, 5.74) is 1.21. The lowest BCUT2D eigenvalue weighted by atomic mass is 9.83. The summed E-state index contributed by atoms with van der Waals surface area (Å²) in [6, 6.07) is 0. The van der Waals surface area contributed by atoms with Crippen molar-refractivity contribution < 1.29 is 24.0 Å². The maximum Gasteiger partial charge on any atom is 0.413 e. The van der Waals surface area contributed by atoms with Crippen LogP contribution in [0, 0.1) is 16.0 Å².